The van der Waals surface area contributed by atoms with Crippen LogP contribution in [0.2, 0.25) is 0 Å². The van der Waals surface area contributed by atoms with Gasteiger partial charge in [-0.2, -0.15) is 0 Å². The van der Waals surface area contributed by atoms with Crippen LogP contribution in [0.1, 0.15) is 51.4 Å². The maximum absolute atomic E-state index is 5.67. The summed E-state index contributed by atoms with van der Waals surface area (Å²) in [7, 11) is 0. The minimum Gasteiger partial charge on any atom is -0.330 e. The maximum atomic E-state index is 5.67. The lowest BCUT2D eigenvalue weighted by Crippen LogP contribution is -2.41. The fraction of sp³-hybridized carbons (Fsp3) is 1.00. The first kappa shape index (κ1) is 10.4. The summed E-state index contributed by atoms with van der Waals surface area (Å²) in [5.74, 6) is 0. The molecule has 0 radical (unpaired) electrons. The zero-order chi connectivity index (χ0) is 9.80. The molecule has 1 saturated heterocycles. The van der Waals surface area contributed by atoms with Gasteiger partial charge in [0.1, 0.15) is 0 Å². The van der Waals surface area contributed by atoms with Gasteiger partial charge in [-0.05, 0) is 45.2 Å². The van der Waals surface area contributed by atoms with Gasteiger partial charge >= 0.3 is 0 Å². The summed E-state index contributed by atoms with van der Waals surface area (Å²) in [4.78, 5) is 2.77. The van der Waals surface area contributed by atoms with E-state index in [9.17, 15) is 0 Å². The van der Waals surface area contributed by atoms with Crippen molar-refractivity contribution in [3.8, 4) is 0 Å². The fourth-order valence-electron chi connectivity index (χ4n) is 3.25. The van der Waals surface area contributed by atoms with Crippen molar-refractivity contribution in [1.82, 2.24) is 4.90 Å². The number of nitrogens with zero attached hydrogens (tertiary/aromatic N) is 1. The van der Waals surface area contributed by atoms with Crippen molar-refractivity contribution in [3.63, 3.8) is 0 Å². The lowest BCUT2D eigenvalue weighted by Gasteiger charge is -2.35. The molecule has 14 heavy (non-hydrogen) atoms. The van der Waals surface area contributed by atoms with Crippen LogP contribution in [0.15, 0.2) is 0 Å². The van der Waals surface area contributed by atoms with Crippen molar-refractivity contribution in [2.75, 3.05) is 13.1 Å². The number of rotatable bonds is 3. The lowest BCUT2D eigenvalue weighted by molar-refractivity contribution is 0.138. The predicted molar refractivity (Wildman–Crippen MR) is 60.3 cm³/mol. The van der Waals surface area contributed by atoms with Crippen molar-refractivity contribution < 1.29 is 0 Å². The molecule has 0 bridgehead atoms. The molecule has 2 aliphatic rings. The molecule has 1 atom stereocenters. The average Bonchev–Trinajstić information content (AvgIpc) is 2.68. The third-order valence-electron chi connectivity index (χ3n) is 3.97. The Morgan fingerprint density at radius 2 is 1.79 bits per heavy atom. The zero-order valence-electron chi connectivity index (χ0n) is 9.25. The van der Waals surface area contributed by atoms with Crippen LogP contribution in [0.3, 0.4) is 0 Å². The summed E-state index contributed by atoms with van der Waals surface area (Å²) in [5.41, 5.74) is 5.67. The van der Waals surface area contributed by atoms with E-state index in [1.165, 1.54) is 57.9 Å². The van der Waals surface area contributed by atoms with Crippen LogP contribution in [0.25, 0.3) is 0 Å². The Kier molecular flexibility index (Phi) is 3.82. The first-order valence-electron chi connectivity index (χ1n) is 6.37. The largest absolute Gasteiger partial charge is 0.330 e. The third kappa shape index (κ3) is 2.29. The summed E-state index contributed by atoms with van der Waals surface area (Å²) >= 11 is 0. The predicted octanol–water partition coefficient (Wildman–Crippen LogP) is 2.13. The lowest BCUT2D eigenvalue weighted by atomic mass is 9.93. The summed E-state index contributed by atoms with van der Waals surface area (Å²) in [6.45, 7) is 2.21. The van der Waals surface area contributed by atoms with Crippen molar-refractivity contribution in [2.45, 2.75) is 63.5 Å². The van der Waals surface area contributed by atoms with Gasteiger partial charge in [0.2, 0.25) is 0 Å². The Hall–Kier alpha value is -0.0800. The van der Waals surface area contributed by atoms with E-state index in [4.69, 9.17) is 5.73 Å². The van der Waals surface area contributed by atoms with Crippen LogP contribution < -0.4 is 5.73 Å². The Bertz CT molecular complexity index is 164. The van der Waals surface area contributed by atoms with Crippen LogP contribution in [-0.4, -0.2) is 30.1 Å². The van der Waals surface area contributed by atoms with Crippen molar-refractivity contribution in [2.24, 2.45) is 5.73 Å². The highest BCUT2D eigenvalue weighted by Crippen LogP contribution is 2.30. The highest BCUT2D eigenvalue weighted by molar-refractivity contribution is 4.86. The van der Waals surface area contributed by atoms with E-state index in [0.717, 1.165) is 18.6 Å². The van der Waals surface area contributed by atoms with Crippen molar-refractivity contribution >= 4 is 0 Å². The zero-order valence-corrected chi connectivity index (χ0v) is 9.25. The molecule has 0 aromatic carbocycles. The van der Waals surface area contributed by atoms with E-state index in [2.05, 4.69) is 4.90 Å². The molecule has 2 heteroatoms. The Morgan fingerprint density at radius 1 is 1.00 bits per heavy atom. The molecule has 0 aromatic heterocycles. The topological polar surface area (TPSA) is 29.3 Å². The van der Waals surface area contributed by atoms with E-state index in [-0.39, 0.29) is 0 Å². The molecule has 0 spiro atoms. The average molecular weight is 196 g/mol. The second kappa shape index (κ2) is 5.13. The quantitative estimate of drug-likeness (QED) is 0.749. The van der Waals surface area contributed by atoms with E-state index in [1.807, 2.05) is 0 Å². The smallest absolute Gasteiger partial charge is 0.0111 e. The van der Waals surface area contributed by atoms with E-state index in [0.29, 0.717) is 0 Å². The normalized spacial score (nSPS) is 31.1. The van der Waals surface area contributed by atoms with Crippen LogP contribution >= 0.6 is 0 Å². The van der Waals surface area contributed by atoms with Crippen molar-refractivity contribution in [1.29, 1.82) is 0 Å². The monoisotopic (exact) mass is 196 g/mol. The molecule has 0 aromatic rings. The molecular weight excluding hydrogens is 172 g/mol. The highest BCUT2D eigenvalue weighted by atomic mass is 15.2. The van der Waals surface area contributed by atoms with Gasteiger partial charge in [-0.3, -0.25) is 4.90 Å². The van der Waals surface area contributed by atoms with Crippen LogP contribution in [-0.2, 0) is 0 Å². The van der Waals surface area contributed by atoms with Gasteiger partial charge in [0.25, 0.3) is 0 Å². The van der Waals surface area contributed by atoms with Crippen LogP contribution in [0.4, 0.5) is 0 Å². The minimum atomic E-state index is 0.822. The number of hydrogen-bond donors (Lipinski definition) is 1. The first-order chi connectivity index (χ1) is 6.92. The van der Waals surface area contributed by atoms with E-state index in [1.54, 1.807) is 0 Å². The molecule has 1 heterocycles. The van der Waals surface area contributed by atoms with Crippen LogP contribution in [0.5, 0.6) is 0 Å². The molecular formula is C12H24N2. The summed E-state index contributed by atoms with van der Waals surface area (Å²) < 4.78 is 0. The number of hydrogen-bond acceptors (Lipinski definition) is 2. The van der Waals surface area contributed by atoms with Gasteiger partial charge in [0, 0.05) is 12.1 Å². The van der Waals surface area contributed by atoms with E-state index >= 15 is 0 Å². The molecule has 82 valence electrons. The molecule has 0 unspecified atom stereocenters. The molecule has 0 amide bonds. The first-order valence-corrected chi connectivity index (χ1v) is 6.37. The standard InChI is InChI=1S/C12H24N2/c13-9-8-12-7-4-10-14(12)11-5-2-1-3-6-11/h11-12H,1-10,13H2/t12-/m0/s1. The number of likely N-dealkylation sites (tertiary alicyclic amines) is 1. The summed E-state index contributed by atoms with van der Waals surface area (Å²) in [5, 5.41) is 0. The van der Waals surface area contributed by atoms with Gasteiger partial charge in [0.05, 0.1) is 0 Å². The second-order valence-electron chi connectivity index (χ2n) is 4.90. The van der Waals surface area contributed by atoms with E-state index < -0.39 is 0 Å². The Morgan fingerprint density at radius 3 is 2.50 bits per heavy atom. The van der Waals surface area contributed by atoms with Gasteiger partial charge in [-0.15, -0.1) is 0 Å². The SMILES string of the molecule is NCC[C@@H]1CCCN1C1CCCCC1. The van der Waals surface area contributed by atoms with Gasteiger partial charge in [-0.25, -0.2) is 0 Å². The fourth-order valence-corrected chi connectivity index (χ4v) is 3.25. The van der Waals surface area contributed by atoms with Crippen molar-refractivity contribution in [3.05, 3.63) is 0 Å². The van der Waals surface area contributed by atoms with Gasteiger partial charge < -0.3 is 5.73 Å². The number of nitrogens with two attached hydrogens (primary N) is 1. The molecule has 1 saturated carbocycles. The maximum Gasteiger partial charge on any atom is 0.0111 e. The van der Waals surface area contributed by atoms with Gasteiger partial charge in [0.15, 0.2) is 0 Å². The highest BCUT2D eigenvalue weighted by Gasteiger charge is 2.30. The summed E-state index contributed by atoms with van der Waals surface area (Å²) in [6, 6.07) is 1.73. The molecule has 1 aliphatic carbocycles. The second-order valence-corrected chi connectivity index (χ2v) is 4.90. The molecule has 2 rings (SSSR count). The Balaban J connectivity index is 1.87. The molecule has 2 fully saturated rings. The van der Waals surface area contributed by atoms with Gasteiger partial charge in [-0.1, -0.05) is 19.3 Å². The minimum absolute atomic E-state index is 0.822. The third-order valence-corrected chi connectivity index (χ3v) is 3.97. The molecule has 2 N–H and O–H groups in total. The Labute approximate surface area is 87.8 Å². The molecule has 1 aliphatic heterocycles. The molecule has 2 nitrogen and oxygen atoms in total. The summed E-state index contributed by atoms with van der Waals surface area (Å²) in [6.07, 6.45) is 11.3. The van der Waals surface area contributed by atoms with Crippen LogP contribution in [0, 0.1) is 0 Å².